The van der Waals surface area contributed by atoms with Gasteiger partial charge in [0.2, 0.25) is 11.7 Å². The number of aliphatic imine (C=N–C) groups is 1. The van der Waals surface area contributed by atoms with Gasteiger partial charge >= 0.3 is 5.69 Å². The van der Waals surface area contributed by atoms with Crippen molar-refractivity contribution in [2.45, 2.75) is 13.8 Å². The number of rotatable bonds is 4. The van der Waals surface area contributed by atoms with Gasteiger partial charge in [0, 0.05) is 16.7 Å². The second kappa shape index (κ2) is 8.53. The average Bonchev–Trinajstić information content (AvgIpc) is 3.22. The quantitative estimate of drug-likeness (QED) is 0.439. The summed E-state index contributed by atoms with van der Waals surface area (Å²) in [6, 6.07) is 21.2. The number of carbonyl (C=O) groups is 1. The number of allylic oxidation sites excluding steroid dienone is 1. The van der Waals surface area contributed by atoms with Crippen molar-refractivity contribution in [1.29, 1.82) is 0 Å². The van der Waals surface area contributed by atoms with Gasteiger partial charge in [-0.1, -0.05) is 54.6 Å². The zero-order valence-corrected chi connectivity index (χ0v) is 19.1. The minimum atomic E-state index is -0.768. The van der Waals surface area contributed by atoms with Crippen LogP contribution in [0.1, 0.15) is 32.6 Å². The Morgan fingerprint density at radius 3 is 2.40 bits per heavy atom. The summed E-state index contributed by atoms with van der Waals surface area (Å²) in [7, 11) is 0. The first-order valence-corrected chi connectivity index (χ1v) is 11.0. The fourth-order valence-corrected chi connectivity index (χ4v) is 4.07. The summed E-state index contributed by atoms with van der Waals surface area (Å²) in [6.07, 6.45) is 1.41. The fraction of sp³-hybridized carbons (Fsp3) is 0.0714. The molecular weight excluding hydrogens is 442 g/mol. The lowest BCUT2D eigenvalue weighted by Crippen LogP contribution is -2.30. The van der Waals surface area contributed by atoms with E-state index in [4.69, 9.17) is 0 Å². The predicted molar refractivity (Wildman–Crippen MR) is 136 cm³/mol. The molecule has 0 fully saturated rings. The van der Waals surface area contributed by atoms with Gasteiger partial charge in [-0.3, -0.25) is 14.6 Å². The molecule has 0 unspecified atom stereocenters. The molecule has 5 rings (SSSR count). The van der Waals surface area contributed by atoms with Crippen molar-refractivity contribution in [3.63, 3.8) is 0 Å². The van der Waals surface area contributed by atoms with Crippen molar-refractivity contribution in [2.75, 3.05) is 0 Å². The maximum atomic E-state index is 13.3. The summed E-state index contributed by atoms with van der Waals surface area (Å²) in [6.45, 7) is 3.83. The first kappa shape index (κ1) is 22.0. The summed E-state index contributed by atoms with van der Waals surface area (Å²) in [4.78, 5) is 45.6. The molecule has 0 atom stereocenters. The number of aromatic amines is 1. The van der Waals surface area contributed by atoms with Crippen LogP contribution >= 0.6 is 0 Å². The normalized spacial score (nSPS) is 13.5. The van der Waals surface area contributed by atoms with E-state index in [0.717, 1.165) is 15.7 Å². The molecule has 4 aromatic rings. The molecule has 0 aliphatic carbocycles. The number of Topliss-reactive ketones (excluding diaryl/α,β-unsaturated/α-hetero) is 1. The van der Waals surface area contributed by atoms with Crippen LogP contribution in [0.2, 0.25) is 0 Å². The highest BCUT2D eigenvalue weighted by atomic mass is 16.3. The van der Waals surface area contributed by atoms with Gasteiger partial charge in [-0.05, 0) is 49.2 Å². The van der Waals surface area contributed by atoms with E-state index in [1.807, 2.05) is 26.0 Å². The van der Waals surface area contributed by atoms with Crippen LogP contribution in [0.15, 0.2) is 87.4 Å². The second-order valence-electron chi connectivity index (χ2n) is 8.33. The molecule has 0 saturated carbocycles. The van der Waals surface area contributed by atoms with Crippen LogP contribution < -0.4 is 11.2 Å². The summed E-state index contributed by atoms with van der Waals surface area (Å²) in [5.74, 6) is -0.836. The third-order valence-corrected chi connectivity index (χ3v) is 6.09. The molecule has 172 valence electrons. The lowest BCUT2D eigenvalue weighted by molar-refractivity contribution is 0.106. The van der Waals surface area contributed by atoms with Gasteiger partial charge < -0.3 is 5.11 Å². The number of benzene rings is 3. The maximum absolute atomic E-state index is 13.3. The molecule has 2 heterocycles. The molecule has 7 heteroatoms. The third-order valence-electron chi connectivity index (χ3n) is 6.09. The van der Waals surface area contributed by atoms with Crippen molar-refractivity contribution in [2.24, 2.45) is 4.99 Å². The molecule has 0 radical (unpaired) electrons. The van der Waals surface area contributed by atoms with E-state index in [-0.39, 0.29) is 17.1 Å². The lowest BCUT2D eigenvalue weighted by Gasteiger charge is -2.12. The van der Waals surface area contributed by atoms with Crippen molar-refractivity contribution in [3.8, 4) is 11.6 Å². The maximum Gasteiger partial charge on any atom is 0.335 e. The second-order valence-corrected chi connectivity index (χ2v) is 8.33. The number of fused-ring (bicyclic) bond motifs is 1. The van der Waals surface area contributed by atoms with E-state index in [1.54, 1.807) is 60.7 Å². The highest BCUT2D eigenvalue weighted by Crippen LogP contribution is 2.37. The average molecular weight is 463 g/mol. The lowest BCUT2D eigenvalue weighted by atomic mass is 9.95. The number of ketones is 1. The Hall–Kier alpha value is -4.78. The molecule has 0 spiro atoms. The number of hydrogen-bond acceptors (Lipinski definition) is 5. The standard InChI is InChI=1S/C28H21N3O4/c1-16-12-13-19(14-17(16)2)31-27(34)22(26(33)30-28(31)35)15-21-20-10-6-7-11-23(20)29-24(21)25(32)18-8-4-3-5-9-18/h3-15,34H,1-2H3,(H,30,33,35)/b21-15-. The highest BCUT2D eigenvalue weighted by Gasteiger charge is 2.28. The van der Waals surface area contributed by atoms with Crippen molar-refractivity contribution < 1.29 is 9.90 Å². The van der Waals surface area contributed by atoms with Crippen molar-refractivity contribution in [3.05, 3.63) is 121 Å². The van der Waals surface area contributed by atoms with Gasteiger partial charge in [-0.15, -0.1) is 0 Å². The van der Waals surface area contributed by atoms with Gasteiger partial charge in [0.25, 0.3) is 5.56 Å². The Kier molecular flexibility index (Phi) is 5.37. The Labute approximate surface area is 200 Å². The van der Waals surface area contributed by atoms with Crippen LogP contribution in [0, 0.1) is 13.8 Å². The third kappa shape index (κ3) is 3.83. The number of nitrogens with zero attached hydrogens (tertiary/aromatic N) is 2. The zero-order valence-electron chi connectivity index (χ0n) is 19.1. The topological polar surface area (TPSA) is 105 Å². The number of aryl methyl sites for hydroxylation is 2. The van der Waals surface area contributed by atoms with Gasteiger partial charge in [0.1, 0.15) is 11.3 Å². The van der Waals surface area contributed by atoms with Crippen LogP contribution in [0.5, 0.6) is 5.88 Å². The number of H-pyrrole nitrogens is 1. The van der Waals surface area contributed by atoms with Gasteiger partial charge in [-0.2, -0.15) is 0 Å². The molecule has 1 aliphatic heterocycles. The summed E-state index contributed by atoms with van der Waals surface area (Å²) in [5.41, 5.74) is 2.89. The number of para-hydroxylation sites is 1. The molecule has 0 saturated heterocycles. The summed E-state index contributed by atoms with van der Waals surface area (Å²) < 4.78 is 1.04. The first-order valence-electron chi connectivity index (χ1n) is 11.0. The predicted octanol–water partition coefficient (Wildman–Crippen LogP) is 4.36. The Morgan fingerprint density at radius 1 is 0.943 bits per heavy atom. The Balaban J connectivity index is 1.72. The summed E-state index contributed by atoms with van der Waals surface area (Å²) >= 11 is 0. The summed E-state index contributed by atoms with van der Waals surface area (Å²) in [5, 5.41) is 11.1. The van der Waals surface area contributed by atoms with E-state index in [0.29, 0.717) is 28.1 Å². The monoisotopic (exact) mass is 463 g/mol. The molecule has 3 aromatic carbocycles. The van der Waals surface area contributed by atoms with Crippen LogP contribution in [0.3, 0.4) is 0 Å². The molecule has 0 amide bonds. The number of aromatic hydroxyl groups is 1. The van der Waals surface area contributed by atoms with E-state index in [1.165, 1.54) is 6.08 Å². The van der Waals surface area contributed by atoms with Crippen LogP contribution in [0.4, 0.5) is 5.69 Å². The molecule has 1 aliphatic rings. The molecule has 35 heavy (non-hydrogen) atoms. The smallest absolute Gasteiger partial charge is 0.335 e. The van der Waals surface area contributed by atoms with E-state index in [2.05, 4.69) is 9.98 Å². The number of aromatic nitrogens is 2. The van der Waals surface area contributed by atoms with E-state index in [9.17, 15) is 19.5 Å². The number of hydrogen-bond donors (Lipinski definition) is 2. The molecule has 1 aromatic heterocycles. The van der Waals surface area contributed by atoms with Crippen LogP contribution in [-0.4, -0.2) is 26.2 Å². The first-order chi connectivity index (χ1) is 16.8. The Morgan fingerprint density at radius 2 is 1.66 bits per heavy atom. The van der Waals surface area contributed by atoms with Crippen molar-refractivity contribution >= 4 is 28.8 Å². The largest absolute Gasteiger partial charge is 0.494 e. The van der Waals surface area contributed by atoms with E-state index >= 15 is 0 Å². The van der Waals surface area contributed by atoms with Crippen LogP contribution in [-0.2, 0) is 0 Å². The number of nitrogens with one attached hydrogen (secondary N) is 1. The molecule has 2 N–H and O–H groups in total. The Bertz CT molecular complexity index is 1670. The SMILES string of the molecule is Cc1ccc(-n2c(O)c(/C=C3\C(C(=O)c4ccccc4)=Nc4ccccc43)c(=O)[nH]c2=O)cc1C. The van der Waals surface area contributed by atoms with Crippen molar-refractivity contribution in [1.82, 2.24) is 9.55 Å². The van der Waals surface area contributed by atoms with Gasteiger partial charge in [-0.25, -0.2) is 14.4 Å². The highest BCUT2D eigenvalue weighted by molar-refractivity contribution is 6.63. The van der Waals surface area contributed by atoms with E-state index < -0.39 is 17.1 Å². The van der Waals surface area contributed by atoms with Crippen LogP contribution in [0.25, 0.3) is 17.3 Å². The fourth-order valence-electron chi connectivity index (χ4n) is 4.07. The van der Waals surface area contributed by atoms with Gasteiger partial charge in [0.15, 0.2) is 0 Å². The minimum Gasteiger partial charge on any atom is -0.494 e. The molecule has 7 nitrogen and oxygen atoms in total. The zero-order chi connectivity index (χ0) is 24.7. The number of carbonyl (C=O) groups excluding carboxylic acids is 1. The molecular formula is C28H21N3O4. The van der Waals surface area contributed by atoms with Gasteiger partial charge in [0.05, 0.1) is 11.4 Å². The molecule has 0 bridgehead atoms. The minimum absolute atomic E-state index is 0.150.